The van der Waals surface area contributed by atoms with Crippen molar-refractivity contribution in [1.29, 1.82) is 0 Å². The van der Waals surface area contributed by atoms with E-state index in [4.69, 9.17) is 0 Å². The van der Waals surface area contributed by atoms with Gasteiger partial charge in [-0.05, 0) is 68.1 Å². The normalized spacial score (nSPS) is 18.3. The molecule has 2 aromatic heterocycles. The average molecular weight is 511 g/mol. The van der Waals surface area contributed by atoms with E-state index in [1.165, 1.54) is 35.5 Å². The maximum absolute atomic E-state index is 13.5. The van der Waals surface area contributed by atoms with Gasteiger partial charge in [0, 0.05) is 18.9 Å². The van der Waals surface area contributed by atoms with Crippen LogP contribution in [0.15, 0.2) is 61.2 Å². The van der Waals surface area contributed by atoms with Crippen molar-refractivity contribution < 1.29 is 22.8 Å². The zero-order valence-electron chi connectivity index (χ0n) is 20.3. The third kappa shape index (κ3) is 4.38. The number of rotatable bonds is 7. The Kier molecular flexibility index (Phi) is 5.88. The van der Waals surface area contributed by atoms with Gasteiger partial charge in [0.25, 0.3) is 5.91 Å². The van der Waals surface area contributed by atoms with Gasteiger partial charge in [-0.2, -0.15) is 13.2 Å². The Morgan fingerprint density at radius 1 is 1.00 bits per heavy atom. The van der Waals surface area contributed by atoms with E-state index in [2.05, 4.69) is 20.3 Å². The van der Waals surface area contributed by atoms with Crippen LogP contribution in [0.3, 0.4) is 0 Å². The van der Waals surface area contributed by atoms with Gasteiger partial charge in [-0.3, -0.25) is 4.79 Å². The Hall–Kier alpha value is -4.02. The van der Waals surface area contributed by atoms with Crippen molar-refractivity contribution in [3.05, 3.63) is 78.0 Å². The van der Waals surface area contributed by atoms with Crippen molar-refractivity contribution in [3.63, 3.8) is 0 Å². The smallest absolute Gasteiger partial charge is 0.364 e. The number of anilines is 2. The van der Waals surface area contributed by atoms with Crippen LogP contribution >= 0.6 is 0 Å². The lowest BCUT2D eigenvalue weighted by Crippen LogP contribution is -2.43. The Bertz CT molecular complexity index is 1320. The summed E-state index contributed by atoms with van der Waals surface area (Å²) in [6.07, 6.45) is 0.460. The number of hydrogen-bond donors (Lipinski definition) is 1. The highest BCUT2D eigenvalue weighted by atomic mass is 19.4. The number of amides is 3. The van der Waals surface area contributed by atoms with Crippen molar-refractivity contribution in [1.82, 2.24) is 19.9 Å². The number of urea groups is 1. The number of hydrogen-bond acceptors (Lipinski definition) is 6. The Morgan fingerprint density at radius 3 is 2.35 bits per heavy atom. The number of halogens is 3. The van der Waals surface area contributed by atoms with Crippen molar-refractivity contribution in [2.45, 2.75) is 56.9 Å². The van der Waals surface area contributed by atoms with Gasteiger partial charge in [0.1, 0.15) is 17.7 Å². The van der Waals surface area contributed by atoms with E-state index in [1.54, 1.807) is 44.4 Å². The monoisotopic (exact) mass is 510 g/mol. The molecule has 0 spiro atoms. The largest absolute Gasteiger partial charge is 0.398 e. The van der Waals surface area contributed by atoms with Crippen LogP contribution in [0.1, 0.15) is 43.5 Å². The van der Waals surface area contributed by atoms with Crippen molar-refractivity contribution in [2.75, 3.05) is 10.2 Å². The van der Waals surface area contributed by atoms with E-state index in [-0.39, 0.29) is 30.6 Å². The third-order valence-electron chi connectivity index (χ3n) is 7.05. The standard InChI is InChI=1S/C26H25F3N6O2/c1-24(2)22(36)35(20-5-3-18(4-6-20)25(9-10-25)26(27,28)29)23(37)34(24)15-17-7-12-31-21(13-17)32-14-19-8-11-30-16-33-19/h3-8,11-13,16H,9-10,14-15H2,1-2H3,(H,31,32). The number of nitrogens with zero attached hydrogens (tertiary/aromatic N) is 5. The molecule has 5 rings (SSSR count). The van der Waals surface area contributed by atoms with Crippen LogP contribution in [-0.2, 0) is 23.3 Å². The van der Waals surface area contributed by atoms with Crippen LogP contribution in [0.5, 0.6) is 0 Å². The minimum Gasteiger partial charge on any atom is -0.364 e. The van der Waals surface area contributed by atoms with Gasteiger partial charge in [-0.25, -0.2) is 24.6 Å². The second-order valence-electron chi connectivity index (χ2n) is 9.80. The summed E-state index contributed by atoms with van der Waals surface area (Å²) in [5, 5.41) is 3.17. The summed E-state index contributed by atoms with van der Waals surface area (Å²) in [4.78, 5) is 41.5. The highest BCUT2D eigenvalue weighted by Gasteiger charge is 2.64. The number of imide groups is 1. The van der Waals surface area contributed by atoms with Gasteiger partial charge in [0.15, 0.2) is 0 Å². The fraction of sp³-hybridized carbons (Fsp3) is 0.346. The van der Waals surface area contributed by atoms with Crippen LogP contribution in [0.4, 0.5) is 29.5 Å². The number of benzene rings is 1. The number of alkyl halides is 3. The van der Waals surface area contributed by atoms with Crippen LogP contribution in [-0.4, -0.2) is 43.5 Å². The van der Waals surface area contributed by atoms with E-state index >= 15 is 0 Å². The minimum absolute atomic E-state index is 0.0417. The first-order valence-electron chi connectivity index (χ1n) is 11.8. The molecule has 1 saturated heterocycles. The molecule has 0 bridgehead atoms. The van der Waals surface area contributed by atoms with E-state index in [0.29, 0.717) is 12.4 Å². The third-order valence-corrected chi connectivity index (χ3v) is 7.05. The fourth-order valence-corrected chi connectivity index (χ4v) is 4.57. The number of aromatic nitrogens is 3. The quantitative estimate of drug-likeness (QED) is 0.458. The van der Waals surface area contributed by atoms with Gasteiger partial charge in [0.2, 0.25) is 0 Å². The van der Waals surface area contributed by atoms with E-state index in [0.717, 1.165) is 16.2 Å². The molecular formula is C26H25F3N6O2. The van der Waals surface area contributed by atoms with Gasteiger partial charge < -0.3 is 10.2 Å². The summed E-state index contributed by atoms with van der Waals surface area (Å²) in [6, 6.07) is 10.4. The maximum Gasteiger partial charge on any atom is 0.398 e. The van der Waals surface area contributed by atoms with Crippen molar-refractivity contribution in [3.8, 4) is 0 Å². The first-order chi connectivity index (χ1) is 17.5. The molecule has 11 heteroatoms. The summed E-state index contributed by atoms with van der Waals surface area (Å²) in [7, 11) is 0. The predicted molar refractivity (Wildman–Crippen MR) is 130 cm³/mol. The summed E-state index contributed by atoms with van der Waals surface area (Å²) in [6.45, 7) is 3.89. The minimum atomic E-state index is -4.33. The van der Waals surface area contributed by atoms with Gasteiger partial charge in [-0.1, -0.05) is 12.1 Å². The molecule has 192 valence electrons. The average Bonchev–Trinajstić information content (AvgIpc) is 3.67. The van der Waals surface area contributed by atoms with Crippen LogP contribution in [0.25, 0.3) is 0 Å². The molecule has 1 N–H and O–H groups in total. The molecule has 1 aliphatic heterocycles. The molecule has 0 radical (unpaired) electrons. The zero-order chi connectivity index (χ0) is 26.4. The number of pyridine rings is 1. The van der Waals surface area contributed by atoms with Crippen LogP contribution in [0.2, 0.25) is 0 Å². The van der Waals surface area contributed by atoms with Gasteiger partial charge in [0.05, 0.1) is 23.3 Å². The molecule has 2 aliphatic rings. The van der Waals surface area contributed by atoms with Crippen LogP contribution in [0, 0.1) is 0 Å². The second-order valence-corrected chi connectivity index (χ2v) is 9.80. The fourth-order valence-electron chi connectivity index (χ4n) is 4.57. The first kappa shape index (κ1) is 24.7. The molecule has 3 aromatic rings. The van der Waals surface area contributed by atoms with Crippen molar-refractivity contribution >= 4 is 23.4 Å². The highest BCUT2D eigenvalue weighted by molar-refractivity contribution is 6.22. The summed E-state index contributed by atoms with van der Waals surface area (Å²) in [5.74, 6) is 0.136. The molecule has 3 amide bonds. The lowest BCUT2D eigenvalue weighted by molar-refractivity contribution is -0.160. The molecule has 0 unspecified atom stereocenters. The Labute approximate surface area is 211 Å². The number of nitrogens with one attached hydrogen (secondary N) is 1. The summed E-state index contributed by atoms with van der Waals surface area (Å²) >= 11 is 0. The van der Waals surface area contributed by atoms with Gasteiger partial charge >= 0.3 is 12.2 Å². The highest BCUT2D eigenvalue weighted by Crippen LogP contribution is 2.59. The molecule has 0 atom stereocenters. The van der Waals surface area contributed by atoms with E-state index < -0.39 is 29.1 Å². The summed E-state index contributed by atoms with van der Waals surface area (Å²) in [5.41, 5.74) is -1.04. The predicted octanol–water partition coefficient (Wildman–Crippen LogP) is 4.83. The van der Waals surface area contributed by atoms with E-state index in [1.807, 2.05) is 0 Å². The van der Waals surface area contributed by atoms with Crippen LogP contribution < -0.4 is 10.2 Å². The molecule has 1 aliphatic carbocycles. The topological polar surface area (TPSA) is 91.3 Å². The molecule has 1 aromatic carbocycles. The molecule has 8 nitrogen and oxygen atoms in total. The van der Waals surface area contributed by atoms with Crippen molar-refractivity contribution in [2.24, 2.45) is 0 Å². The lowest BCUT2D eigenvalue weighted by Gasteiger charge is -2.27. The number of carbonyl (C=O) groups excluding carboxylic acids is 2. The van der Waals surface area contributed by atoms with Gasteiger partial charge in [-0.15, -0.1) is 0 Å². The second kappa shape index (κ2) is 8.82. The molecule has 3 heterocycles. The zero-order valence-corrected chi connectivity index (χ0v) is 20.3. The Balaban J connectivity index is 1.33. The maximum atomic E-state index is 13.5. The molecule has 37 heavy (non-hydrogen) atoms. The molecule has 1 saturated carbocycles. The summed E-state index contributed by atoms with van der Waals surface area (Å²) < 4.78 is 40.5. The molecular weight excluding hydrogens is 485 g/mol. The SMILES string of the molecule is CC1(C)C(=O)N(c2ccc(C3(C(F)(F)F)CC3)cc2)C(=O)N1Cc1ccnc(NCc2ccncn2)c1. The first-order valence-corrected chi connectivity index (χ1v) is 11.8. The number of carbonyl (C=O) groups is 2. The Morgan fingerprint density at radius 2 is 1.73 bits per heavy atom. The lowest BCUT2D eigenvalue weighted by atomic mass is 9.95. The van der Waals surface area contributed by atoms with E-state index in [9.17, 15) is 22.8 Å². The molecule has 2 fully saturated rings.